The highest BCUT2D eigenvalue weighted by atomic mass is 35.5. The van der Waals surface area contributed by atoms with Gasteiger partial charge in [-0.3, -0.25) is 14.5 Å². The fraction of sp³-hybridized carbons (Fsp3) is 0.364. The summed E-state index contributed by atoms with van der Waals surface area (Å²) >= 11 is 6.20. The lowest BCUT2D eigenvalue weighted by Gasteiger charge is -2.22. The van der Waals surface area contributed by atoms with Gasteiger partial charge in [-0.15, -0.1) is 0 Å². The fourth-order valence-electron chi connectivity index (χ4n) is 3.03. The third-order valence-corrected chi connectivity index (χ3v) is 4.79. The van der Waals surface area contributed by atoms with E-state index in [1.54, 1.807) is 6.07 Å². The number of nitrogens with zero attached hydrogens (tertiary/aromatic N) is 1. The summed E-state index contributed by atoms with van der Waals surface area (Å²) in [4.78, 5) is 26.8. The minimum atomic E-state index is -0.203. The van der Waals surface area contributed by atoms with E-state index in [0.717, 1.165) is 23.2 Å². The van der Waals surface area contributed by atoms with E-state index in [1.807, 2.05) is 68.1 Å². The number of para-hydroxylation sites is 1. The van der Waals surface area contributed by atoms with Crippen molar-refractivity contribution in [2.75, 3.05) is 25.0 Å². The van der Waals surface area contributed by atoms with Gasteiger partial charge in [0.25, 0.3) is 0 Å². The van der Waals surface area contributed by atoms with E-state index in [9.17, 15) is 9.59 Å². The van der Waals surface area contributed by atoms with E-state index in [4.69, 9.17) is 11.6 Å². The van der Waals surface area contributed by atoms with Gasteiger partial charge in [-0.1, -0.05) is 54.9 Å². The van der Waals surface area contributed by atoms with Crippen LogP contribution < -0.4 is 10.6 Å². The number of hydrogen-bond acceptors (Lipinski definition) is 3. The Kier molecular flexibility index (Phi) is 8.48. The largest absolute Gasteiger partial charge is 0.348 e. The molecule has 6 heteroatoms. The second-order valence-corrected chi connectivity index (χ2v) is 7.29. The topological polar surface area (TPSA) is 61.4 Å². The van der Waals surface area contributed by atoms with Crippen molar-refractivity contribution >= 4 is 29.1 Å². The number of carbonyl (C=O) groups is 2. The number of carbonyl (C=O) groups excluding carboxylic acids is 2. The lowest BCUT2D eigenvalue weighted by atomic mass is 10.1. The first-order valence-corrected chi connectivity index (χ1v) is 9.90. The second-order valence-electron chi connectivity index (χ2n) is 6.88. The van der Waals surface area contributed by atoms with Gasteiger partial charge >= 0.3 is 0 Å². The number of amides is 2. The Balaban J connectivity index is 1.92. The molecule has 2 N–H and O–H groups in total. The van der Waals surface area contributed by atoms with Crippen molar-refractivity contribution < 1.29 is 9.59 Å². The number of benzene rings is 2. The summed E-state index contributed by atoms with van der Waals surface area (Å²) in [5, 5.41) is 6.50. The maximum atomic E-state index is 12.5. The molecule has 1 atom stereocenters. The Bertz CT molecular complexity index is 810. The fourth-order valence-corrected chi connectivity index (χ4v) is 3.33. The molecule has 0 heterocycles. The molecule has 0 saturated carbocycles. The van der Waals surface area contributed by atoms with Gasteiger partial charge in [0.2, 0.25) is 11.8 Å². The van der Waals surface area contributed by atoms with E-state index in [0.29, 0.717) is 11.6 Å². The van der Waals surface area contributed by atoms with E-state index in [-0.39, 0.29) is 30.9 Å². The molecule has 2 aromatic rings. The zero-order chi connectivity index (χ0) is 20.5. The van der Waals surface area contributed by atoms with Crippen LogP contribution in [0.1, 0.15) is 37.4 Å². The average molecular weight is 402 g/mol. The molecule has 0 radical (unpaired) electrons. The van der Waals surface area contributed by atoms with Crippen LogP contribution in [-0.4, -0.2) is 36.3 Å². The minimum Gasteiger partial charge on any atom is -0.348 e. The first-order valence-electron chi connectivity index (χ1n) is 9.52. The molecule has 2 aromatic carbocycles. The van der Waals surface area contributed by atoms with Crippen LogP contribution in [0.25, 0.3) is 0 Å². The standard InChI is InChI=1S/C22H28ClN3O2/c1-4-13-26(15-22(28)25-20-12-8-5-9-16(20)2)14-21(27)24-17(3)18-10-6-7-11-19(18)23/h5-12,17H,4,13-15H2,1-3H3,(H,24,27)(H,25,28)/t17-/m0/s1. The molecule has 5 nitrogen and oxygen atoms in total. The molecule has 0 aliphatic heterocycles. The predicted octanol–water partition coefficient (Wildman–Crippen LogP) is 4.18. The van der Waals surface area contributed by atoms with E-state index >= 15 is 0 Å². The predicted molar refractivity (Wildman–Crippen MR) is 115 cm³/mol. The van der Waals surface area contributed by atoms with E-state index in [1.165, 1.54) is 0 Å². The first kappa shape index (κ1) is 21.9. The molecular weight excluding hydrogens is 374 g/mol. The maximum Gasteiger partial charge on any atom is 0.238 e. The van der Waals surface area contributed by atoms with Gasteiger partial charge < -0.3 is 10.6 Å². The Morgan fingerprint density at radius 1 is 1.04 bits per heavy atom. The highest BCUT2D eigenvalue weighted by Gasteiger charge is 2.17. The number of anilines is 1. The molecule has 2 amide bonds. The Morgan fingerprint density at radius 3 is 2.36 bits per heavy atom. The molecule has 150 valence electrons. The van der Waals surface area contributed by atoms with Crippen LogP contribution in [0.5, 0.6) is 0 Å². The molecule has 0 unspecified atom stereocenters. The molecule has 0 aromatic heterocycles. The number of hydrogen-bond donors (Lipinski definition) is 2. The van der Waals surface area contributed by atoms with Crippen molar-refractivity contribution in [1.29, 1.82) is 0 Å². The molecule has 0 saturated heterocycles. The molecule has 0 bridgehead atoms. The van der Waals surface area contributed by atoms with Crippen LogP contribution in [0.4, 0.5) is 5.69 Å². The van der Waals surface area contributed by atoms with Crippen molar-refractivity contribution in [3.63, 3.8) is 0 Å². The van der Waals surface area contributed by atoms with Gasteiger partial charge in [0.15, 0.2) is 0 Å². The summed E-state index contributed by atoms with van der Waals surface area (Å²) in [6, 6.07) is 14.9. The Hall–Kier alpha value is -2.37. The smallest absolute Gasteiger partial charge is 0.238 e. The zero-order valence-corrected chi connectivity index (χ0v) is 17.4. The molecule has 0 fully saturated rings. The number of nitrogens with one attached hydrogen (secondary N) is 2. The number of rotatable bonds is 9. The van der Waals surface area contributed by atoms with Crippen molar-refractivity contribution in [3.05, 3.63) is 64.7 Å². The van der Waals surface area contributed by atoms with Crippen molar-refractivity contribution in [2.24, 2.45) is 0 Å². The van der Waals surface area contributed by atoms with Crippen LogP contribution in [0.2, 0.25) is 5.02 Å². The normalized spacial score (nSPS) is 11.9. The highest BCUT2D eigenvalue weighted by molar-refractivity contribution is 6.31. The van der Waals surface area contributed by atoms with Gasteiger partial charge in [0.05, 0.1) is 19.1 Å². The molecular formula is C22H28ClN3O2. The summed E-state index contributed by atoms with van der Waals surface area (Å²) < 4.78 is 0. The van der Waals surface area contributed by atoms with Crippen LogP contribution in [0.15, 0.2) is 48.5 Å². The maximum absolute atomic E-state index is 12.5. The summed E-state index contributed by atoms with van der Waals surface area (Å²) in [6.45, 7) is 6.85. The van der Waals surface area contributed by atoms with Crippen molar-refractivity contribution in [3.8, 4) is 0 Å². The molecule has 28 heavy (non-hydrogen) atoms. The van der Waals surface area contributed by atoms with Gasteiger partial charge in [-0.25, -0.2) is 0 Å². The van der Waals surface area contributed by atoms with Gasteiger partial charge in [0, 0.05) is 10.7 Å². The highest BCUT2D eigenvalue weighted by Crippen LogP contribution is 2.22. The van der Waals surface area contributed by atoms with E-state index < -0.39 is 0 Å². The molecule has 0 aliphatic rings. The zero-order valence-electron chi connectivity index (χ0n) is 16.7. The number of halogens is 1. The van der Waals surface area contributed by atoms with Crippen molar-refractivity contribution in [1.82, 2.24) is 10.2 Å². The first-order chi connectivity index (χ1) is 13.4. The number of aryl methyl sites for hydroxylation is 1. The molecule has 0 spiro atoms. The summed E-state index contributed by atoms with van der Waals surface area (Å²) in [5.74, 6) is -0.265. The quantitative estimate of drug-likeness (QED) is 0.662. The third kappa shape index (κ3) is 6.66. The van der Waals surface area contributed by atoms with Gasteiger partial charge in [-0.2, -0.15) is 0 Å². The summed E-state index contributed by atoms with van der Waals surface area (Å²) in [5.41, 5.74) is 2.67. The van der Waals surface area contributed by atoms with Crippen LogP contribution in [0, 0.1) is 6.92 Å². The summed E-state index contributed by atoms with van der Waals surface area (Å²) in [6.07, 6.45) is 0.852. The SMILES string of the molecule is CCCN(CC(=O)Nc1ccccc1C)CC(=O)N[C@@H](C)c1ccccc1Cl. The lowest BCUT2D eigenvalue weighted by Crippen LogP contribution is -2.42. The van der Waals surface area contributed by atoms with Crippen LogP contribution >= 0.6 is 11.6 Å². The van der Waals surface area contributed by atoms with E-state index in [2.05, 4.69) is 10.6 Å². The lowest BCUT2D eigenvalue weighted by molar-refractivity contribution is -0.124. The van der Waals surface area contributed by atoms with Gasteiger partial charge in [-0.05, 0) is 50.1 Å². The van der Waals surface area contributed by atoms with Gasteiger partial charge in [0.1, 0.15) is 0 Å². The third-order valence-electron chi connectivity index (χ3n) is 4.44. The van der Waals surface area contributed by atoms with Crippen molar-refractivity contribution in [2.45, 2.75) is 33.2 Å². The van der Waals surface area contributed by atoms with Crippen LogP contribution in [0.3, 0.4) is 0 Å². The Morgan fingerprint density at radius 2 is 1.68 bits per heavy atom. The van der Waals surface area contributed by atoms with Crippen LogP contribution in [-0.2, 0) is 9.59 Å². The second kappa shape index (κ2) is 10.8. The average Bonchev–Trinajstić information content (AvgIpc) is 2.64. The monoisotopic (exact) mass is 401 g/mol. The summed E-state index contributed by atoms with van der Waals surface area (Å²) in [7, 11) is 0. The molecule has 0 aliphatic carbocycles. The Labute approximate surface area is 172 Å². The molecule has 2 rings (SSSR count). The minimum absolute atomic E-state index is 0.130.